The molecule has 0 aromatic heterocycles. The molecule has 0 aliphatic rings. The summed E-state index contributed by atoms with van der Waals surface area (Å²) in [7, 11) is 0. The van der Waals surface area contributed by atoms with E-state index in [0.717, 1.165) is 9.37 Å². The minimum Gasteiger partial charge on any atom is -0.206 e. The van der Waals surface area contributed by atoms with Gasteiger partial charge in [0.25, 0.3) is 0 Å². The number of thioether (sulfide) groups is 1. The van der Waals surface area contributed by atoms with Gasteiger partial charge >= 0.3 is 6.08 Å². The van der Waals surface area contributed by atoms with E-state index in [9.17, 15) is 13.2 Å². The lowest BCUT2D eigenvalue weighted by Crippen LogP contribution is -1.82. The molecule has 0 nitrogen and oxygen atoms in total. The van der Waals surface area contributed by atoms with Gasteiger partial charge in [0.1, 0.15) is 0 Å². The summed E-state index contributed by atoms with van der Waals surface area (Å²) in [6, 6.07) is 7.42. The normalized spacial score (nSPS) is 10.1. The van der Waals surface area contributed by atoms with E-state index in [1.54, 1.807) is 0 Å². The van der Waals surface area contributed by atoms with Crippen molar-refractivity contribution in [3.8, 4) is 0 Å². The summed E-state index contributed by atoms with van der Waals surface area (Å²) in [5.74, 6) is -1.02. The Bertz CT molecular complexity index is 361. The first-order valence-electron chi connectivity index (χ1n) is 4.17. The van der Waals surface area contributed by atoms with Crippen LogP contribution in [0.25, 0.3) is 0 Å². The molecular formula is C10H8BrF3S. The Balaban J connectivity index is 2.42. The molecule has 0 aliphatic heterocycles. The molecule has 0 N–H and O–H groups in total. The molecule has 0 saturated heterocycles. The van der Waals surface area contributed by atoms with Crippen molar-refractivity contribution in [2.24, 2.45) is 0 Å². The van der Waals surface area contributed by atoms with Gasteiger partial charge in [0.2, 0.25) is 0 Å². The van der Waals surface area contributed by atoms with Gasteiger partial charge in [0.15, 0.2) is 5.83 Å². The van der Waals surface area contributed by atoms with Crippen molar-refractivity contribution in [1.82, 2.24) is 0 Å². The molecule has 0 heterocycles. The maximum absolute atomic E-state index is 12.4. The molecule has 0 atom stereocenters. The largest absolute Gasteiger partial charge is 0.301 e. The molecule has 5 heteroatoms. The topological polar surface area (TPSA) is 0 Å². The third-order valence-corrected chi connectivity index (χ3v) is 3.08. The van der Waals surface area contributed by atoms with E-state index >= 15 is 0 Å². The molecule has 0 saturated carbocycles. The van der Waals surface area contributed by atoms with Gasteiger partial charge in [0.05, 0.1) is 0 Å². The van der Waals surface area contributed by atoms with Crippen LogP contribution in [0.1, 0.15) is 6.42 Å². The maximum atomic E-state index is 12.4. The quantitative estimate of drug-likeness (QED) is 0.704. The van der Waals surface area contributed by atoms with Gasteiger partial charge in [-0.25, -0.2) is 4.39 Å². The Morgan fingerprint density at radius 1 is 1.27 bits per heavy atom. The third-order valence-electron chi connectivity index (χ3n) is 1.59. The molecule has 1 rings (SSSR count). The first-order valence-corrected chi connectivity index (χ1v) is 5.95. The second-order valence-electron chi connectivity index (χ2n) is 2.72. The lowest BCUT2D eigenvalue weighted by atomic mass is 10.4. The predicted octanol–water partition coefficient (Wildman–Crippen LogP) is 5.01. The van der Waals surface area contributed by atoms with E-state index in [4.69, 9.17) is 0 Å². The van der Waals surface area contributed by atoms with Crippen molar-refractivity contribution in [3.63, 3.8) is 0 Å². The minimum absolute atomic E-state index is 0.237. The van der Waals surface area contributed by atoms with Crippen LogP contribution in [0.3, 0.4) is 0 Å². The van der Waals surface area contributed by atoms with E-state index < -0.39 is 11.9 Å². The molecule has 82 valence electrons. The van der Waals surface area contributed by atoms with Gasteiger partial charge in [0, 0.05) is 21.5 Å². The van der Waals surface area contributed by atoms with Crippen LogP contribution < -0.4 is 0 Å². The number of rotatable bonds is 4. The van der Waals surface area contributed by atoms with E-state index in [-0.39, 0.29) is 6.42 Å². The lowest BCUT2D eigenvalue weighted by Gasteiger charge is -2.00. The third kappa shape index (κ3) is 4.75. The fraction of sp³-hybridized carbons (Fsp3) is 0.200. The average molecular weight is 297 g/mol. The van der Waals surface area contributed by atoms with Crippen LogP contribution in [0, 0.1) is 0 Å². The molecular weight excluding hydrogens is 289 g/mol. The van der Waals surface area contributed by atoms with Gasteiger partial charge in [-0.3, -0.25) is 0 Å². The average Bonchev–Trinajstić information content (AvgIpc) is 2.17. The molecule has 1 aromatic carbocycles. The van der Waals surface area contributed by atoms with E-state index in [1.165, 1.54) is 11.8 Å². The zero-order valence-electron chi connectivity index (χ0n) is 7.64. The Morgan fingerprint density at radius 2 is 2.00 bits per heavy atom. The second-order valence-corrected chi connectivity index (χ2v) is 4.81. The number of hydrogen-bond donors (Lipinski definition) is 0. The van der Waals surface area contributed by atoms with Crippen LogP contribution in [0.2, 0.25) is 0 Å². The Labute approximate surface area is 98.7 Å². The summed E-state index contributed by atoms with van der Waals surface area (Å²) >= 11 is 4.63. The molecule has 0 bridgehead atoms. The first-order chi connectivity index (χ1) is 7.09. The molecule has 1 aromatic rings. The number of benzene rings is 1. The summed E-state index contributed by atoms with van der Waals surface area (Å²) in [5, 5.41) is 0. The van der Waals surface area contributed by atoms with Gasteiger partial charge in [-0.2, -0.15) is 8.78 Å². The molecule has 0 spiro atoms. The first kappa shape index (κ1) is 12.6. The Kier molecular flexibility index (Phi) is 5.25. The van der Waals surface area contributed by atoms with Crippen LogP contribution in [0.5, 0.6) is 0 Å². The predicted molar refractivity (Wildman–Crippen MR) is 59.8 cm³/mol. The highest BCUT2D eigenvalue weighted by Gasteiger charge is 2.04. The van der Waals surface area contributed by atoms with Crippen LogP contribution in [-0.2, 0) is 0 Å². The van der Waals surface area contributed by atoms with E-state index in [0.29, 0.717) is 5.75 Å². The van der Waals surface area contributed by atoms with Crippen molar-refractivity contribution in [1.29, 1.82) is 0 Å². The van der Waals surface area contributed by atoms with E-state index in [2.05, 4.69) is 15.9 Å². The smallest absolute Gasteiger partial charge is 0.206 e. The van der Waals surface area contributed by atoms with Crippen molar-refractivity contribution in [2.45, 2.75) is 11.3 Å². The van der Waals surface area contributed by atoms with Crippen molar-refractivity contribution in [2.75, 3.05) is 5.75 Å². The summed E-state index contributed by atoms with van der Waals surface area (Å²) in [6.45, 7) is 0. The second kappa shape index (κ2) is 6.23. The van der Waals surface area contributed by atoms with Crippen LogP contribution in [-0.4, -0.2) is 5.75 Å². The van der Waals surface area contributed by atoms with Crippen molar-refractivity contribution in [3.05, 3.63) is 40.6 Å². The van der Waals surface area contributed by atoms with Crippen molar-refractivity contribution < 1.29 is 13.2 Å². The van der Waals surface area contributed by atoms with Gasteiger partial charge < -0.3 is 0 Å². The van der Waals surface area contributed by atoms with Crippen LogP contribution in [0.15, 0.2) is 45.5 Å². The highest BCUT2D eigenvalue weighted by atomic mass is 79.9. The molecule has 0 unspecified atom stereocenters. The monoisotopic (exact) mass is 296 g/mol. The summed E-state index contributed by atoms with van der Waals surface area (Å²) in [6.07, 6.45) is -2.45. The molecule has 0 aliphatic carbocycles. The molecule has 15 heavy (non-hydrogen) atoms. The van der Waals surface area contributed by atoms with Crippen molar-refractivity contribution >= 4 is 27.7 Å². The van der Waals surface area contributed by atoms with Crippen LogP contribution in [0.4, 0.5) is 13.2 Å². The molecule has 0 fully saturated rings. The summed E-state index contributed by atoms with van der Waals surface area (Å²) in [4.78, 5) is 0.927. The number of halogens is 4. The number of hydrogen-bond acceptors (Lipinski definition) is 1. The Hall–Kier alpha value is -0.420. The standard InChI is InChI=1S/C10H8BrF3S/c11-7-2-1-3-8(6-7)15-5-4-9(12)10(13)14/h1-3,6H,4-5H2. The molecule has 0 radical (unpaired) electrons. The zero-order valence-corrected chi connectivity index (χ0v) is 10.0. The fourth-order valence-electron chi connectivity index (χ4n) is 0.910. The van der Waals surface area contributed by atoms with Gasteiger partial charge in [-0.15, -0.1) is 11.8 Å². The highest BCUT2D eigenvalue weighted by Crippen LogP contribution is 2.24. The number of allylic oxidation sites excluding steroid dienone is 1. The molecule has 0 amide bonds. The van der Waals surface area contributed by atoms with E-state index in [1.807, 2.05) is 24.3 Å². The maximum Gasteiger partial charge on any atom is 0.301 e. The Morgan fingerprint density at radius 3 is 2.60 bits per heavy atom. The fourth-order valence-corrected chi connectivity index (χ4v) is 2.36. The van der Waals surface area contributed by atoms with Crippen LogP contribution >= 0.6 is 27.7 Å². The van der Waals surface area contributed by atoms with Gasteiger partial charge in [-0.05, 0) is 18.2 Å². The SMILES string of the molecule is FC(F)=C(F)CCSc1cccc(Br)c1. The minimum atomic E-state index is -2.22. The highest BCUT2D eigenvalue weighted by molar-refractivity contribution is 9.10. The van der Waals surface area contributed by atoms with Gasteiger partial charge in [-0.1, -0.05) is 22.0 Å². The summed E-state index contributed by atoms with van der Waals surface area (Å²) in [5.41, 5.74) is 0. The zero-order chi connectivity index (χ0) is 11.3. The lowest BCUT2D eigenvalue weighted by molar-refractivity contribution is 0.373. The summed E-state index contributed by atoms with van der Waals surface area (Å²) < 4.78 is 36.7.